The van der Waals surface area contributed by atoms with Gasteiger partial charge in [-0.15, -0.1) is 0 Å². The summed E-state index contributed by atoms with van der Waals surface area (Å²) in [5, 5.41) is 4.62. The van der Waals surface area contributed by atoms with Crippen LogP contribution in [-0.4, -0.2) is 97.1 Å². The lowest BCUT2D eigenvalue weighted by atomic mass is 9.75. The van der Waals surface area contributed by atoms with Gasteiger partial charge in [-0.1, -0.05) is 43.8 Å². The Morgan fingerprint density at radius 1 is 0.738 bits per heavy atom. The number of pyridine rings is 1. The van der Waals surface area contributed by atoms with Gasteiger partial charge in [0.2, 0.25) is 0 Å². The lowest BCUT2D eigenvalue weighted by Crippen LogP contribution is -2.42. The predicted molar refractivity (Wildman–Crippen MR) is 240 cm³/mol. The fourth-order valence-corrected chi connectivity index (χ4v) is 8.66. The number of hydrogen-bond donors (Lipinski definition) is 1. The summed E-state index contributed by atoms with van der Waals surface area (Å²) >= 11 is 0. The van der Waals surface area contributed by atoms with Crippen molar-refractivity contribution in [1.82, 2.24) is 14.8 Å². The van der Waals surface area contributed by atoms with Crippen molar-refractivity contribution >= 4 is 40.7 Å². The molecule has 0 radical (unpaired) electrons. The monoisotopic (exact) mass is 845 g/mol. The van der Waals surface area contributed by atoms with Gasteiger partial charge < -0.3 is 34.1 Å². The number of hydrogen-bond acceptors (Lipinski definition) is 10. The Morgan fingerprint density at radius 2 is 1.26 bits per heavy atom. The molecule has 1 aromatic heterocycles. The normalized spacial score (nSPS) is 18.2. The highest BCUT2D eigenvalue weighted by Crippen LogP contribution is 2.37. The third-order valence-corrected chi connectivity index (χ3v) is 11.9. The standard InChI is InChI=1S/C24H36N2O4.C24H32N2O4.CH4/c2*1-24(2,3)30-23(28)26-11-9-17(10-12-26)13-19(15-22(27)29-4)20-14-18-7-5-6-8-21(18)25-16-20;/h5-8,17,19-20,25H,9-16H2,1-4H3;5-8,14,16-17,19H,9-13,15H2,1-4H3;1H4/t19-,20?;19-;/m00./s1. The maximum atomic E-state index is 12.3. The van der Waals surface area contributed by atoms with Gasteiger partial charge in [0.1, 0.15) is 11.2 Å². The molecule has 6 rings (SSSR count). The molecule has 2 amide bonds. The second kappa shape index (κ2) is 22.3. The maximum absolute atomic E-state index is 12.3. The van der Waals surface area contributed by atoms with Gasteiger partial charge in [0.25, 0.3) is 0 Å². The molecule has 0 spiro atoms. The molecule has 2 fully saturated rings. The van der Waals surface area contributed by atoms with Crippen LogP contribution in [0.2, 0.25) is 0 Å². The third kappa shape index (κ3) is 15.2. The number of esters is 2. The molecular weight excluding hydrogens is 773 g/mol. The lowest BCUT2D eigenvalue weighted by molar-refractivity contribution is -0.142. The second-order valence-electron chi connectivity index (χ2n) is 18.8. The molecule has 0 aliphatic carbocycles. The van der Waals surface area contributed by atoms with Crippen LogP contribution < -0.4 is 5.32 Å². The van der Waals surface area contributed by atoms with Crippen LogP contribution in [0.3, 0.4) is 0 Å². The van der Waals surface area contributed by atoms with E-state index in [0.29, 0.717) is 43.7 Å². The first-order valence-corrected chi connectivity index (χ1v) is 21.8. The molecule has 3 atom stereocenters. The Labute approximate surface area is 364 Å². The van der Waals surface area contributed by atoms with Crippen molar-refractivity contribution in [2.45, 2.75) is 124 Å². The maximum Gasteiger partial charge on any atom is 0.410 e. The fraction of sp³-hybridized carbons (Fsp3) is 0.612. The second-order valence-corrected chi connectivity index (χ2v) is 18.8. The number of para-hydroxylation sites is 2. The number of aromatic nitrogens is 1. The van der Waals surface area contributed by atoms with Crippen molar-refractivity contribution in [3.05, 3.63) is 71.9 Å². The largest absolute Gasteiger partial charge is 0.469 e. The highest BCUT2D eigenvalue weighted by atomic mass is 16.6. The van der Waals surface area contributed by atoms with Crippen molar-refractivity contribution in [1.29, 1.82) is 0 Å². The van der Waals surface area contributed by atoms with E-state index < -0.39 is 11.2 Å². The van der Waals surface area contributed by atoms with Crippen molar-refractivity contribution in [2.24, 2.45) is 23.7 Å². The van der Waals surface area contributed by atoms with Crippen molar-refractivity contribution in [3.8, 4) is 0 Å². The van der Waals surface area contributed by atoms with E-state index in [1.54, 1.807) is 4.90 Å². The molecule has 336 valence electrons. The van der Waals surface area contributed by atoms with Crippen LogP contribution in [0.4, 0.5) is 15.3 Å². The summed E-state index contributed by atoms with van der Waals surface area (Å²) in [6, 6.07) is 18.5. The molecule has 2 saturated heterocycles. The van der Waals surface area contributed by atoms with Crippen LogP contribution in [0.15, 0.2) is 60.8 Å². The average molecular weight is 845 g/mol. The number of nitrogens with one attached hydrogen (secondary N) is 1. The number of fused-ring (bicyclic) bond motifs is 2. The van der Waals surface area contributed by atoms with Crippen molar-refractivity contribution < 1.29 is 38.1 Å². The van der Waals surface area contributed by atoms with Gasteiger partial charge in [-0.3, -0.25) is 14.6 Å². The van der Waals surface area contributed by atoms with E-state index >= 15 is 0 Å². The number of piperidine rings is 2. The highest BCUT2D eigenvalue weighted by molar-refractivity contribution is 5.79. The Morgan fingerprint density at radius 3 is 1.84 bits per heavy atom. The van der Waals surface area contributed by atoms with E-state index in [4.69, 9.17) is 18.9 Å². The van der Waals surface area contributed by atoms with Crippen molar-refractivity contribution in [3.63, 3.8) is 0 Å². The van der Waals surface area contributed by atoms with Gasteiger partial charge in [-0.05, 0) is 145 Å². The average Bonchev–Trinajstić information content (AvgIpc) is 3.22. The smallest absolute Gasteiger partial charge is 0.410 e. The zero-order valence-corrected chi connectivity index (χ0v) is 37.2. The lowest BCUT2D eigenvalue weighted by Gasteiger charge is -2.37. The number of anilines is 1. The summed E-state index contributed by atoms with van der Waals surface area (Å²) in [7, 11) is 2.89. The Kier molecular flexibility index (Phi) is 17.8. The first-order valence-electron chi connectivity index (χ1n) is 21.8. The minimum Gasteiger partial charge on any atom is -0.469 e. The fourth-order valence-electron chi connectivity index (χ4n) is 8.66. The van der Waals surface area contributed by atoms with E-state index in [9.17, 15) is 19.2 Å². The van der Waals surface area contributed by atoms with Crippen LogP contribution in [0.1, 0.15) is 117 Å². The summed E-state index contributed by atoms with van der Waals surface area (Å²) in [6.45, 7) is 15.0. The minimum atomic E-state index is -0.484. The molecule has 3 aliphatic rings. The molecule has 12 heteroatoms. The van der Waals surface area contributed by atoms with Crippen LogP contribution in [-0.2, 0) is 35.0 Å². The molecule has 12 nitrogen and oxygen atoms in total. The van der Waals surface area contributed by atoms with Gasteiger partial charge in [0.15, 0.2) is 0 Å². The highest BCUT2D eigenvalue weighted by Gasteiger charge is 2.34. The van der Waals surface area contributed by atoms with Gasteiger partial charge in [0.05, 0.1) is 26.2 Å². The number of rotatable bonds is 10. The molecule has 2 aromatic carbocycles. The molecule has 1 unspecified atom stereocenters. The summed E-state index contributed by atoms with van der Waals surface area (Å²) in [5.41, 5.74) is 3.59. The molecule has 4 heterocycles. The summed E-state index contributed by atoms with van der Waals surface area (Å²) in [6.07, 6.45) is 8.76. The third-order valence-electron chi connectivity index (χ3n) is 11.9. The molecule has 61 heavy (non-hydrogen) atoms. The number of benzene rings is 2. The zero-order chi connectivity index (χ0) is 43.5. The number of carbonyl (C=O) groups is 4. The number of amides is 2. The van der Waals surface area contributed by atoms with Gasteiger partial charge in [0, 0.05) is 56.4 Å². The number of methoxy groups -OCH3 is 2. The van der Waals surface area contributed by atoms with E-state index in [1.165, 1.54) is 25.5 Å². The first-order chi connectivity index (χ1) is 28.5. The number of nitrogens with zero attached hydrogens (tertiary/aromatic N) is 3. The Bertz CT molecular complexity index is 1890. The first kappa shape index (κ1) is 48.8. The quantitative estimate of drug-likeness (QED) is 0.155. The van der Waals surface area contributed by atoms with Crippen LogP contribution in [0.25, 0.3) is 10.9 Å². The Hall–Kier alpha value is -4.87. The van der Waals surface area contributed by atoms with E-state index in [-0.39, 0.29) is 43.4 Å². The molecule has 1 N–H and O–H groups in total. The van der Waals surface area contributed by atoms with Gasteiger partial charge in [-0.25, -0.2) is 9.59 Å². The van der Waals surface area contributed by atoms with E-state index in [2.05, 4.69) is 40.6 Å². The zero-order valence-electron chi connectivity index (χ0n) is 37.2. The number of likely N-dealkylation sites (tertiary alicyclic amines) is 2. The van der Waals surface area contributed by atoms with E-state index in [0.717, 1.165) is 81.0 Å². The molecule has 3 aromatic rings. The molecule has 0 bridgehead atoms. The van der Waals surface area contributed by atoms with Gasteiger partial charge >= 0.3 is 24.1 Å². The molecule has 0 saturated carbocycles. The number of ether oxygens (including phenoxy) is 4. The van der Waals surface area contributed by atoms with Gasteiger partial charge in [-0.2, -0.15) is 0 Å². The summed E-state index contributed by atoms with van der Waals surface area (Å²) < 4.78 is 20.9. The summed E-state index contributed by atoms with van der Waals surface area (Å²) in [5.74, 6) is 1.33. The predicted octanol–water partition coefficient (Wildman–Crippen LogP) is 10.0. The van der Waals surface area contributed by atoms with Crippen LogP contribution in [0.5, 0.6) is 0 Å². The van der Waals surface area contributed by atoms with E-state index in [1.807, 2.05) is 76.9 Å². The van der Waals surface area contributed by atoms with Crippen molar-refractivity contribution in [2.75, 3.05) is 52.3 Å². The molecule has 3 aliphatic heterocycles. The SMILES string of the molecule is C.COC(=O)C[C@H](CC1CCN(C(=O)OC(C)(C)C)CC1)C1CNc2ccccc2C1.COC(=O)C[C@H](CC1CCN(C(=O)OC(C)(C)C)CC1)c1cnc2ccccc2c1. The Balaban J connectivity index is 0.000000264. The van der Waals surface area contributed by atoms with Crippen LogP contribution >= 0.6 is 0 Å². The summed E-state index contributed by atoms with van der Waals surface area (Å²) in [4.78, 5) is 57.0. The minimum absolute atomic E-state index is 0. The topological polar surface area (TPSA) is 137 Å². The number of carbonyl (C=O) groups excluding carboxylic acids is 4. The van der Waals surface area contributed by atoms with Crippen LogP contribution in [0, 0.1) is 23.7 Å². The molecular formula is C49H72N4O8.